The minimum absolute atomic E-state index is 0.198. The highest BCUT2D eigenvalue weighted by Crippen LogP contribution is 2.19. The summed E-state index contributed by atoms with van der Waals surface area (Å²) in [7, 11) is 2.09. The Balaban J connectivity index is 1.66. The smallest absolute Gasteiger partial charge is 0.123 e. The first-order valence-electron chi connectivity index (χ1n) is 7.80. The average Bonchev–Trinajstić information content (AvgIpc) is 2.55. The molecule has 3 rings (SSSR count). The molecule has 0 radical (unpaired) electrons. The van der Waals surface area contributed by atoms with E-state index in [0.29, 0.717) is 0 Å². The molecule has 2 heteroatoms. The molecule has 0 heterocycles. The van der Waals surface area contributed by atoms with Gasteiger partial charge in [-0.15, -0.1) is 0 Å². The molecular weight excluding hydrogens is 285 g/mol. The van der Waals surface area contributed by atoms with E-state index in [0.717, 1.165) is 18.7 Å². The molecule has 0 aliphatic heterocycles. The van der Waals surface area contributed by atoms with Crippen LogP contribution in [0.1, 0.15) is 11.1 Å². The molecule has 3 aromatic carbocycles. The lowest BCUT2D eigenvalue weighted by Gasteiger charge is -2.16. The van der Waals surface area contributed by atoms with Crippen molar-refractivity contribution in [3.05, 3.63) is 89.8 Å². The Kier molecular flexibility index (Phi) is 4.84. The van der Waals surface area contributed by atoms with Gasteiger partial charge in [-0.25, -0.2) is 4.39 Å². The molecular formula is C21H20FN. The number of hydrogen-bond donors (Lipinski definition) is 0. The zero-order valence-electron chi connectivity index (χ0n) is 13.2. The average molecular weight is 305 g/mol. The van der Waals surface area contributed by atoms with Gasteiger partial charge in [-0.3, -0.25) is 4.90 Å². The van der Waals surface area contributed by atoms with Gasteiger partial charge < -0.3 is 0 Å². The second-order valence-electron chi connectivity index (χ2n) is 5.79. The maximum atomic E-state index is 13.1. The zero-order chi connectivity index (χ0) is 16.1. The summed E-state index contributed by atoms with van der Waals surface area (Å²) < 4.78 is 13.1. The van der Waals surface area contributed by atoms with E-state index in [1.807, 2.05) is 12.1 Å². The summed E-state index contributed by atoms with van der Waals surface area (Å²) in [5.41, 5.74) is 2.22. The summed E-state index contributed by atoms with van der Waals surface area (Å²) in [6.45, 7) is 1.70. The number of halogens is 1. The van der Waals surface area contributed by atoms with Crippen LogP contribution >= 0.6 is 0 Å². The lowest BCUT2D eigenvalue weighted by molar-refractivity contribution is 0.365. The molecule has 0 saturated carbocycles. The molecule has 116 valence electrons. The van der Waals surface area contributed by atoms with Gasteiger partial charge >= 0.3 is 0 Å². The molecule has 0 aliphatic rings. The van der Waals surface area contributed by atoms with Crippen molar-refractivity contribution in [3.8, 4) is 0 Å². The van der Waals surface area contributed by atoms with Crippen molar-refractivity contribution < 1.29 is 4.39 Å². The molecule has 0 saturated heterocycles. The van der Waals surface area contributed by atoms with Crippen molar-refractivity contribution >= 4 is 16.8 Å². The van der Waals surface area contributed by atoms with Crippen LogP contribution in [0.25, 0.3) is 16.8 Å². The minimum atomic E-state index is -0.198. The Morgan fingerprint density at radius 1 is 0.957 bits per heavy atom. The van der Waals surface area contributed by atoms with E-state index in [-0.39, 0.29) is 5.82 Å². The molecule has 0 aliphatic carbocycles. The summed E-state index contributed by atoms with van der Waals surface area (Å²) in [5, 5.41) is 2.57. The van der Waals surface area contributed by atoms with Gasteiger partial charge in [0.05, 0.1) is 0 Å². The van der Waals surface area contributed by atoms with Crippen molar-refractivity contribution in [1.29, 1.82) is 0 Å². The molecule has 3 aromatic rings. The standard InChI is InChI=1S/C21H20FN/c1-23(14-6-8-17-7-4-12-20(22)15-17)16-19-11-5-10-18-9-2-3-13-21(18)19/h2-13,15H,14,16H2,1H3/b8-6+. The predicted octanol–water partition coefficient (Wildman–Crippen LogP) is 5.12. The maximum Gasteiger partial charge on any atom is 0.123 e. The summed E-state index contributed by atoms with van der Waals surface area (Å²) in [5.74, 6) is -0.198. The van der Waals surface area contributed by atoms with E-state index >= 15 is 0 Å². The lowest BCUT2D eigenvalue weighted by atomic mass is 10.0. The zero-order valence-corrected chi connectivity index (χ0v) is 13.2. The van der Waals surface area contributed by atoms with Gasteiger partial charge in [0.25, 0.3) is 0 Å². The number of hydrogen-bond acceptors (Lipinski definition) is 1. The quantitative estimate of drug-likeness (QED) is 0.632. The topological polar surface area (TPSA) is 3.24 Å². The van der Waals surface area contributed by atoms with Crippen molar-refractivity contribution in [2.75, 3.05) is 13.6 Å². The van der Waals surface area contributed by atoms with Gasteiger partial charge in [0, 0.05) is 13.1 Å². The first kappa shape index (κ1) is 15.4. The summed E-state index contributed by atoms with van der Waals surface area (Å²) >= 11 is 0. The third kappa shape index (κ3) is 4.05. The number of fused-ring (bicyclic) bond motifs is 1. The summed E-state index contributed by atoms with van der Waals surface area (Å²) in [6, 6.07) is 21.5. The molecule has 0 amide bonds. The van der Waals surface area contributed by atoms with Crippen LogP contribution in [0.4, 0.5) is 4.39 Å². The molecule has 0 fully saturated rings. The maximum absolute atomic E-state index is 13.1. The van der Waals surface area contributed by atoms with Crippen LogP contribution in [0.3, 0.4) is 0 Å². The van der Waals surface area contributed by atoms with Crippen molar-refractivity contribution in [1.82, 2.24) is 4.90 Å². The third-order valence-electron chi connectivity index (χ3n) is 3.90. The third-order valence-corrected chi connectivity index (χ3v) is 3.90. The Morgan fingerprint density at radius 2 is 1.74 bits per heavy atom. The van der Waals surface area contributed by atoms with Crippen molar-refractivity contribution in [2.45, 2.75) is 6.54 Å². The number of likely N-dealkylation sites (N-methyl/N-ethyl adjacent to an activating group) is 1. The molecule has 0 unspecified atom stereocenters. The van der Waals surface area contributed by atoms with E-state index in [1.165, 1.54) is 22.4 Å². The van der Waals surface area contributed by atoms with Crippen LogP contribution in [0.15, 0.2) is 72.8 Å². The van der Waals surface area contributed by atoms with Gasteiger partial charge in [-0.1, -0.05) is 66.7 Å². The van der Waals surface area contributed by atoms with E-state index in [9.17, 15) is 4.39 Å². The fraction of sp³-hybridized carbons (Fsp3) is 0.143. The van der Waals surface area contributed by atoms with Gasteiger partial charge in [0.1, 0.15) is 5.82 Å². The second-order valence-corrected chi connectivity index (χ2v) is 5.79. The predicted molar refractivity (Wildman–Crippen MR) is 95.7 cm³/mol. The van der Waals surface area contributed by atoms with Crippen LogP contribution in [0.5, 0.6) is 0 Å². The van der Waals surface area contributed by atoms with E-state index in [4.69, 9.17) is 0 Å². The molecule has 0 atom stereocenters. The number of nitrogens with zero attached hydrogens (tertiary/aromatic N) is 1. The van der Waals surface area contributed by atoms with Crippen LogP contribution < -0.4 is 0 Å². The molecule has 0 aromatic heterocycles. The largest absolute Gasteiger partial charge is 0.298 e. The number of rotatable bonds is 5. The van der Waals surface area contributed by atoms with Gasteiger partial charge in [-0.05, 0) is 41.1 Å². The van der Waals surface area contributed by atoms with Crippen LogP contribution in [0, 0.1) is 5.82 Å². The van der Waals surface area contributed by atoms with Gasteiger partial charge in [-0.2, -0.15) is 0 Å². The molecule has 23 heavy (non-hydrogen) atoms. The van der Waals surface area contributed by atoms with Crippen LogP contribution in [-0.4, -0.2) is 18.5 Å². The van der Waals surface area contributed by atoms with Crippen molar-refractivity contribution in [3.63, 3.8) is 0 Å². The van der Waals surface area contributed by atoms with E-state index in [2.05, 4.69) is 60.5 Å². The Bertz CT molecular complexity index is 817. The second kappa shape index (κ2) is 7.21. The number of benzene rings is 3. The van der Waals surface area contributed by atoms with E-state index in [1.54, 1.807) is 12.1 Å². The Morgan fingerprint density at radius 3 is 2.61 bits per heavy atom. The fourth-order valence-corrected chi connectivity index (χ4v) is 2.76. The van der Waals surface area contributed by atoms with Crippen LogP contribution in [0.2, 0.25) is 0 Å². The Labute approximate surface area is 136 Å². The molecule has 0 N–H and O–H groups in total. The SMILES string of the molecule is CN(C/C=C/c1cccc(F)c1)Cc1cccc2ccccc12. The Hall–Kier alpha value is -2.45. The minimum Gasteiger partial charge on any atom is -0.298 e. The van der Waals surface area contributed by atoms with E-state index < -0.39 is 0 Å². The highest BCUT2D eigenvalue weighted by molar-refractivity contribution is 5.85. The normalized spacial score (nSPS) is 11.6. The fourth-order valence-electron chi connectivity index (χ4n) is 2.76. The summed E-state index contributed by atoms with van der Waals surface area (Å²) in [4.78, 5) is 2.25. The lowest BCUT2D eigenvalue weighted by Crippen LogP contribution is -2.17. The monoisotopic (exact) mass is 305 g/mol. The molecule has 0 bridgehead atoms. The molecule has 0 spiro atoms. The summed E-state index contributed by atoms with van der Waals surface area (Å²) in [6.07, 6.45) is 4.03. The first-order valence-corrected chi connectivity index (χ1v) is 7.80. The highest BCUT2D eigenvalue weighted by atomic mass is 19.1. The highest BCUT2D eigenvalue weighted by Gasteiger charge is 2.03. The van der Waals surface area contributed by atoms with Crippen molar-refractivity contribution in [2.24, 2.45) is 0 Å². The molecule has 1 nitrogen and oxygen atoms in total. The van der Waals surface area contributed by atoms with Gasteiger partial charge in [0.2, 0.25) is 0 Å². The van der Waals surface area contributed by atoms with Crippen LogP contribution in [-0.2, 0) is 6.54 Å². The van der Waals surface area contributed by atoms with Gasteiger partial charge in [0.15, 0.2) is 0 Å². The first-order chi connectivity index (χ1) is 11.2.